The van der Waals surface area contributed by atoms with Crippen molar-refractivity contribution in [2.75, 3.05) is 44.5 Å². The fourth-order valence-electron chi connectivity index (χ4n) is 3.84. The van der Waals surface area contributed by atoms with Crippen molar-refractivity contribution < 1.29 is 9.53 Å². The quantitative estimate of drug-likeness (QED) is 0.691. The van der Waals surface area contributed by atoms with Crippen LogP contribution in [0.3, 0.4) is 0 Å². The summed E-state index contributed by atoms with van der Waals surface area (Å²) in [5, 5.41) is 8.82. The van der Waals surface area contributed by atoms with E-state index in [0.717, 1.165) is 35.4 Å². The van der Waals surface area contributed by atoms with Crippen LogP contribution in [-0.2, 0) is 7.05 Å². The van der Waals surface area contributed by atoms with Crippen molar-refractivity contribution in [2.24, 2.45) is 7.05 Å². The molecule has 1 saturated heterocycles. The van der Waals surface area contributed by atoms with E-state index in [1.54, 1.807) is 18.1 Å². The van der Waals surface area contributed by atoms with Crippen molar-refractivity contribution >= 4 is 28.4 Å². The minimum Gasteiger partial charge on any atom is -0.481 e. The fraction of sp³-hybridized carbons (Fsp3) is 0.429. The maximum absolute atomic E-state index is 13.0. The van der Waals surface area contributed by atoms with Crippen LogP contribution in [0.2, 0.25) is 0 Å². The number of benzene rings is 1. The first kappa shape index (κ1) is 19.9. The van der Waals surface area contributed by atoms with E-state index in [4.69, 9.17) is 4.74 Å². The number of carbonyl (C=O) groups is 1. The molecule has 3 heterocycles. The van der Waals surface area contributed by atoms with Gasteiger partial charge in [0, 0.05) is 51.9 Å². The number of nitrogens with one attached hydrogen (secondary N) is 1. The molecule has 4 rings (SSSR count). The molecule has 0 spiro atoms. The molecule has 0 bridgehead atoms. The Morgan fingerprint density at radius 1 is 1.20 bits per heavy atom. The van der Waals surface area contributed by atoms with Crippen molar-refractivity contribution in [3.8, 4) is 5.88 Å². The zero-order chi connectivity index (χ0) is 21.3. The molecule has 158 valence electrons. The number of carbonyl (C=O) groups excluding carboxylic acids is 1. The number of aryl methyl sites for hydroxylation is 1. The number of hydrogen-bond donors (Lipinski definition) is 1. The molecule has 0 saturated carbocycles. The Morgan fingerprint density at radius 2 is 1.97 bits per heavy atom. The van der Waals surface area contributed by atoms with Crippen molar-refractivity contribution in [1.29, 1.82) is 0 Å². The fourth-order valence-corrected chi connectivity index (χ4v) is 3.84. The van der Waals surface area contributed by atoms with Gasteiger partial charge in [-0.1, -0.05) is 0 Å². The molecule has 1 amide bonds. The molecular weight excluding hydrogens is 382 g/mol. The number of anilines is 2. The van der Waals surface area contributed by atoms with Crippen molar-refractivity contribution in [3.05, 3.63) is 36.2 Å². The SMILES string of the molecule is COc1c2ccc(C(=O)N3CCC(Nc4cc(N(C)C)ncn4)CC3)cc2nn1C. The van der Waals surface area contributed by atoms with Crippen molar-refractivity contribution in [2.45, 2.75) is 18.9 Å². The summed E-state index contributed by atoms with van der Waals surface area (Å²) in [4.78, 5) is 25.4. The highest BCUT2D eigenvalue weighted by Crippen LogP contribution is 2.26. The number of methoxy groups -OCH3 is 1. The first-order valence-corrected chi connectivity index (χ1v) is 10.0. The molecule has 1 fully saturated rings. The van der Waals surface area contributed by atoms with Gasteiger partial charge < -0.3 is 19.9 Å². The third kappa shape index (κ3) is 3.87. The number of aromatic nitrogens is 4. The number of rotatable bonds is 5. The summed E-state index contributed by atoms with van der Waals surface area (Å²) in [6, 6.07) is 7.81. The van der Waals surface area contributed by atoms with Crippen LogP contribution in [0.1, 0.15) is 23.2 Å². The molecular formula is C21H27N7O2. The van der Waals surface area contributed by atoms with Crippen LogP contribution in [0.5, 0.6) is 5.88 Å². The Morgan fingerprint density at radius 3 is 2.67 bits per heavy atom. The number of amides is 1. The van der Waals surface area contributed by atoms with Gasteiger partial charge in [0.05, 0.1) is 18.0 Å². The van der Waals surface area contributed by atoms with Crippen LogP contribution < -0.4 is 15.0 Å². The number of likely N-dealkylation sites (tertiary alicyclic amines) is 1. The van der Waals surface area contributed by atoms with Gasteiger partial charge in [-0.3, -0.25) is 4.79 Å². The van der Waals surface area contributed by atoms with E-state index in [9.17, 15) is 4.79 Å². The first-order chi connectivity index (χ1) is 14.5. The summed E-state index contributed by atoms with van der Waals surface area (Å²) in [5.74, 6) is 2.41. The lowest BCUT2D eigenvalue weighted by Crippen LogP contribution is -2.42. The molecule has 1 aliphatic rings. The van der Waals surface area contributed by atoms with Crippen LogP contribution in [0, 0.1) is 0 Å². The average Bonchev–Trinajstić information content (AvgIpc) is 3.08. The molecule has 30 heavy (non-hydrogen) atoms. The molecule has 3 aromatic rings. The Labute approximate surface area is 175 Å². The highest BCUT2D eigenvalue weighted by molar-refractivity contribution is 5.98. The van der Waals surface area contributed by atoms with E-state index < -0.39 is 0 Å². The maximum atomic E-state index is 13.0. The van der Waals surface area contributed by atoms with Crippen molar-refractivity contribution in [3.63, 3.8) is 0 Å². The summed E-state index contributed by atoms with van der Waals surface area (Å²) in [5.41, 5.74) is 1.42. The molecule has 1 N–H and O–H groups in total. The van der Waals surface area contributed by atoms with E-state index in [2.05, 4.69) is 20.4 Å². The topological polar surface area (TPSA) is 88.4 Å². The molecule has 2 aromatic heterocycles. The molecule has 9 nitrogen and oxygen atoms in total. The van der Waals surface area contributed by atoms with E-state index in [0.29, 0.717) is 24.5 Å². The molecule has 0 aliphatic carbocycles. The second-order valence-electron chi connectivity index (χ2n) is 7.73. The summed E-state index contributed by atoms with van der Waals surface area (Å²) >= 11 is 0. The lowest BCUT2D eigenvalue weighted by Gasteiger charge is -2.32. The number of ether oxygens (including phenoxy) is 1. The molecule has 1 aliphatic heterocycles. The molecule has 0 radical (unpaired) electrons. The van der Waals surface area contributed by atoms with Gasteiger partial charge in [-0.15, -0.1) is 0 Å². The minimum absolute atomic E-state index is 0.0388. The normalized spacial score (nSPS) is 14.7. The monoisotopic (exact) mass is 409 g/mol. The van der Waals surface area contributed by atoms with Gasteiger partial charge in [0.25, 0.3) is 5.91 Å². The molecule has 0 atom stereocenters. The zero-order valence-electron chi connectivity index (χ0n) is 17.8. The lowest BCUT2D eigenvalue weighted by atomic mass is 10.0. The van der Waals surface area contributed by atoms with E-state index in [1.165, 1.54) is 0 Å². The Kier molecular flexibility index (Phi) is 5.43. The largest absolute Gasteiger partial charge is 0.481 e. The summed E-state index contributed by atoms with van der Waals surface area (Å²) in [6.45, 7) is 1.40. The Balaban J connectivity index is 1.39. The highest BCUT2D eigenvalue weighted by atomic mass is 16.5. The van der Waals surface area contributed by atoms with E-state index in [1.807, 2.05) is 55.2 Å². The van der Waals surface area contributed by atoms with E-state index in [-0.39, 0.29) is 11.9 Å². The van der Waals surface area contributed by atoms with Crippen LogP contribution in [0.4, 0.5) is 11.6 Å². The number of hydrogen-bond acceptors (Lipinski definition) is 7. The summed E-state index contributed by atoms with van der Waals surface area (Å²) in [7, 11) is 7.36. The Bertz CT molecular complexity index is 1050. The van der Waals surface area contributed by atoms with Crippen LogP contribution >= 0.6 is 0 Å². The van der Waals surface area contributed by atoms with Crippen molar-refractivity contribution in [1.82, 2.24) is 24.6 Å². The van der Waals surface area contributed by atoms with E-state index >= 15 is 0 Å². The van der Waals surface area contributed by atoms with Gasteiger partial charge in [0.2, 0.25) is 5.88 Å². The summed E-state index contributed by atoms with van der Waals surface area (Å²) < 4.78 is 7.07. The third-order valence-electron chi connectivity index (χ3n) is 5.47. The third-order valence-corrected chi connectivity index (χ3v) is 5.47. The summed E-state index contributed by atoms with van der Waals surface area (Å²) in [6.07, 6.45) is 3.30. The lowest BCUT2D eigenvalue weighted by molar-refractivity contribution is 0.0718. The number of nitrogens with zero attached hydrogens (tertiary/aromatic N) is 6. The standard InChI is InChI=1S/C21H27N7O2/c1-26(2)19-12-18(22-13-23-19)24-15-7-9-28(10-8-15)20(29)14-5-6-16-17(11-14)25-27(3)21(16)30-4/h5-6,11-13,15H,7-10H2,1-4H3,(H,22,23,24). The van der Waals surface area contributed by atoms with Crippen LogP contribution in [0.15, 0.2) is 30.6 Å². The minimum atomic E-state index is 0.0388. The van der Waals surface area contributed by atoms with Gasteiger partial charge in [0.15, 0.2) is 0 Å². The van der Waals surface area contributed by atoms with Crippen LogP contribution in [0.25, 0.3) is 10.9 Å². The maximum Gasteiger partial charge on any atom is 0.253 e. The van der Waals surface area contributed by atoms with Gasteiger partial charge in [0.1, 0.15) is 18.0 Å². The van der Waals surface area contributed by atoms with Crippen LogP contribution in [-0.4, -0.2) is 70.9 Å². The molecule has 1 aromatic carbocycles. The van der Waals surface area contributed by atoms with Gasteiger partial charge in [-0.05, 0) is 31.0 Å². The second kappa shape index (κ2) is 8.17. The molecule has 0 unspecified atom stereocenters. The first-order valence-electron chi connectivity index (χ1n) is 10.0. The average molecular weight is 409 g/mol. The van der Waals surface area contributed by atoms with Gasteiger partial charge >= 0.3 is 0 Å². The van der Waals surface area contributed by atoms with Gasteiger partial charge in [-0.25, -0.2) is 14.6 Å². The predicted octanol–water partition coefficient (Wildman–Crippen LogP) is 2.15. The number of piperidine rings is 1. The predicted molar refractivity (Wildman–Crippen MR) is 116 cm³/mol. The zero-order valence-corrected chi connectivity index (χ0v) is 17.8. The highest BCUT2D eigenvalue weighted by Gasteiger charge is 2.24. The second-order valence-corrected chi connectivity index (χ2v) is 7.73. The Hall–Kier alpha value is -3.36. The smallest absolute Gasteiger partial charge is 0.253 e. The van der Waals surface area contributed by atoms with Gasteiger partial charge in [-0.2, -0.15) is 5.10 Å². The molecule has 9 heteroatoms. The number of fused-ring (bicyclic) bond motifs is 1.